The van der Waals surface area contributed by atoms with Crippen molar-refractivity contribution in [1.82, 2.24) is 15.2 Å². The number of carbonyl (C=O) groups excluding carboxylic acids is 1. The first kappa shape index (κ1) is 23.5. The van der Waals surface area contributed by atoms with Gasteiger partial charge in [0, 0.05) is 17.3 Å². The number of nitrogens with one attached hydrogen (secondary N) is 1. The molecule has 0 spiro atoms. The summed E-state index contributed by atoms with van der Waals surface area (Å²) in [4.78, 5) is 17.8. The summed E-state index contributed by atoms with van der Waals surface area (Å²) in [5.74, 6) is -1.52. The van der Waals surface area contributed by atoms with Gasteiger partial charge < -0.3 is 4.74 Å². The number of ether oxygens (including phenoxy) is 1. The van der Waals surface area contributed by atoms with Gasteiger partial charge in [-0.2, -0.15) is 18.3 Å². The van der Waals surface area contributed by atoms with Crippen LogP contribution in [0.2, 0.25) is 5.15 Å². The minimum absolute atomic E-state index is 0.0560. The van der Waals surface area contributed by atoms with Crippen LogP contribution in [0.15, 0.2) is 36.4 Å². The smallest absolute Gasteiger partial charge is 0.420 e. The fourth-order valence-corrected chi connectivity index (χ4v) is 3.12. The predicted octanol–water partition coefficient (Wildman–Crippen LogP) is 6.66. The number of carbonyl (C=O) groups is 1. The Kier molecular flexibility index (Phi) is 6.19. The molecule has 0 saturated carbocycles. The Morgan fingerprint density at radius 1 is 1.12 bits per heavy atom. The summed E-state index contributed by atoms with van der Waals surface area (Å²) in [7, 11) is 0. The van der Waals surface area contributed by atoms with Crippen LogP contribution >= 0.6 is 11.6 Å². The Morgan fingerprint density at radius 3 is 2.41 bits per heavy atom. The number of hydrogen-bond acceptors (Lipinski definition) is 4. The van der Waals surface area contributed by atoms with Crippen LogP contribution in [0.1, 0.15) is 32.0 Å². The molecule has 1 N–H and O–H groups in total. The molecule has 0 saturated heterocycles. The number of anilines is 2. The number of benzene rings is 1. The van der Waals surface area contributed by atoms with Crippen molar-refractivity contribution >= 4 is 29.2 Å². The van der Waals surface area contributed by atoms with E-state index < -0.39 is 29.3 Å². The minimum atomic E-state index is -4.96. The van der Waals surface area contributed by atoms with E-state index in [4.69, 9.17) is 16.3 Å². The first-order valence-electron chi connectivity index (χ1n) is 9.34. The van der Waals surface area contributed by atoms with Crippen molar-refractivity contribution in [2.45, 2.75) is 39.5 Å². The third-order valence-electron chi connectivity index (χ3n) is 4.12. The van der Waals surface area contributed by atoms with Crippen molar-refractivity contribution < 1.29 is 27.1 Å². The zero-order valence-corrected chi connectivity index (χ0v) is 18.3. The Hall–Kier alpha value is -3.14. The zero-order valence-electron chi connectivity index (χ0n) is 17.5. The average Bonchev–Trinajstić information content (AvgIpc) is 3.09. The number of alkyl halides is 3. The quantitative estimate of drug-likeness (QED) is 0.343. The number of amides is 1. The molecule has 11 heteroatoms. The second kappa shape index (κ2) is 8.42. The summed E-state index contributed by atoms with van der Waals surface area (Å²) in [6, 6.07) is 6.90. The summed E-state index contributed by atoms with van der Waals surface area (Å²) in [5.41, 5.74) is -1.08. The molecule has 0 aliphatic heterocycles. The van der Waals surface area contributed by atoms with Gasteiger partial charge in [-0.3, -0.25) is 5.10 Å². The second-order valence-electron chi connectivity index (χ2n) is 7.94. The highest BCUT2D eigenvalue weighted by Gasteiger charge is 2.36. The Morgan fingerprint density at radius 2 is 1.81 bits per heavy atom. The normalized spacial score (nSPS) is 12.0. The van der Waals surface area contributed by atoms with Gasteiger partial charge in [-0.25, -0.2) is 19.1 Å². The molecule has 1 aromatic carbocycles. The van der Waals surface area contributed by atoms with Gasteiger partial charge in [0.05, 0.1) is 16.9 Å². The molecule has 1 amide bonds. The lowest BCUT2D eigenvalue weighted by atomic mass is 10.1. The van der Waals surface area contributed by atoms with Gasteiger partial charge in [0.25, 0.3) is 0 Å². The Labute approximate surface area is 186 Å². The van der Waals surface area contributed by atoms with Crippen molar-refractivity contribution in [3.8, 4) is 11.3 Å². The van der Waals surface area contributed by atoms with Crippen molar-refractivity contribution in [3.05, 3.63) is 58.6 Å². The molecular weight excluding hydrogens is 452 g/mol. The maximum atomic E-state index is 13.8. The van der Waals surface area contributed by atoms with E-state index in [-0.39, 0.29) is 16.7 Å². The van der Waals surface area contributed by atoms with Crippen LogP contribution in [0, 0.1) is 12.7 Å². The van der Waals surface area contributed by atoms with Crippen LogP contribution in [0.25, 0.3) is 11.3 Å². The highest BCUT2D eigenvalue weighted by atomic mass is 35.5. The van der Waals surface area contributed by atoms with E-state index in [2.05, 4.69) is 15.2 Å². The summed E-state index contributed by atoms with van der Waals surface area (Å²) >= 11 is 5.99. The number of H-pyrrole nitrogens is 1. The largest absolute Gasteiger partial charge is 0.443 e. The molecular formula is C21H19ClF4N4O2. The van der Waals surface area contributed by atoms with Crippen molar-refractivity contribution in [2.24, 2.45) is 0 Å². The molecule has 170 valence electrons. The van der Waals surface area contributed by atoms with Crippen molar-refractivity contribution in [3.63, 3.8) is 0 Å². The number of aromatic amines is 1. The van der Waals surface area contributed by atoms with Crippen LogP contribution in [0.4, 0.5) is 33.9 Å². The van der Waals surface area contributed by atoms with E-state index in [1.54, 1.807) is 39.8 Å². The zero-order chi connectivity index (χ0) is 23.8. The van der Waals surface area contributed by atoms with Crippen molar-refractivity contribution in [1.29, 1.82) is 0 Å². The maximum absolute atomic E-state index is 13.8. The third kappa shape index (κ3) is 5.37. The van der Waals surface area contributed by atoms with Gasteiger partial charge in [-0.05, 0) is 58.0 Å². The molecule has 2 aromatic heterocycles. The lowest BCUT2D eigenvalue weighted by Crippen LogP contribution is -2.34. The van der Waals surface area contributed by atoms with E-state index in [0.717, 1.165) is 11.0 Å². The summed E-state index contributed by atoms with van der Waals surface area (Å²) < 4.78 is 58.9. The molecule has 32 heavy (non-hydrogen) atoms. The number of aryl methyl sites for hydroxylation is 1. The van der Waals surface area contributed by atoms with Crippen LogP contribution in [0.5, 0.6) is 0 Å². The lowest BCUT2D eigenvalue weighted by Gasteiger charge is -2.26. The number of aromatic nitrogens is 3. The summed E-state index contributed by atoms with van der Waals surface area (Å²) in [5, 5.41) is 7.00. The van der Waals surface area contributed by atoms with E-state index in [0.29, 0.717) is 29.1 Å². The Bertz CT molecular complexity index is 1140. The summed E-state index contributed by atoms with van der Waals surface area (Å²) in [6.45, 7) is 6.54. The number of hydrogen-bond donors (Lipinski definition) is 1. The molecule has 3 rings (SSSR count). The number of pyridine rings is 1. The molecule has 0 fully saturated rings. The van der Waals surface area contributed by atoms with Crippen LogP contribution in [-0.2, 0) is 10.9 Å². The van der Waals surface area contributed by atoms with E-state index >= 15 is 0 Å². The third-order valence-corrected chi connectivity index (χ3v) is 4.31. The maximum Gasteiger partial charge on any atom is 0.420 e. The number of rotatable bonds is 3. The van der Waals surface area contributed by atoms with Gasteiger partial charge >= 0.3 is 12.3 Å². The molecule has 0 aliphatic rings. The first-order chi connectivity index (χ1) is 14.7. The SMILES string of the molecule is Cc1cc(-c2cc(N(C(=O)OC(C)(C)C)c3ccc(F)c(C(F)(F)F)c3)n[nH]2)cc(Cl)n1. The van der Waals surface area contributed by atoms with E-state index in [1.165, 1.54) is 6.07 Å². The molecule has 6 nitrogen and oxygen atoms in total. The molecule has 0 unspecified atom stereocenters. The van der Waals surface area contributed by atoms with E-state index in [1.807, 2.05) is 0 Å². The molecule has 0 bridgehead atoms. The van der Waals surface area contributed by atoms with E-state index in [9.17, 15) is 22.4 Å². The standard InChI is InChI=1S/C21H19ClF4N4O2/c1-11-7-12(8-17(22)27-11)16-10-18(29-28-16)30(19(31)32-20(2,3)4)13-5-6-15(23)14(9-13)21(24,25)26/h5-10H,1-4H3,(H,28,29). The number of nitrogens with zero attached hydrogens (tertiary/aromatic N) is 3. The van der Waals surface area contributed by atoms with Crippen LogP contribution in [-0.4, -0.2) is 26.9 Å². The molecule has 3 aromatic rings. The topological polar surface area (TPSA) is 71.1 Å². The fraction of sp³-hybridized carbons (Fsp3) is 0.286. The second-order valence-corrected chi connectivity index (χ2v) is 8.32. The van der Waals surface area contributed by atoms with Crippen molar-refractivity contribution in [2.75, 3.05) is 4.90 Å². The van der Waals surface area contributed by atoms with Crippen LogP contribution < -0.4 is 4.90 Å². The lowest BCUT2D eigenvalue weighted by molar-refractivity contribution is -0.139. The summed E-state index contributed by atoms with van der Waals surface area (Å²) in [6.07, 6.45) is -5.94. The van der Waals surface area contributed by atoms with Gasteiger partial charge in [0.2, 0.25) is 0 Å². The highest BCUT2D eigenvalue weighted by molar-refractivity contribution is 6.29. The minimum Gasteiger partial charge on any atom is -0.443 e. The number of halogens is 5. The monoisotopic (exact) mass is 470 g/mol. The Balaban J connectivity index is 2.11. The van der Waals surface area contributed by atoms with Gasteiger partial charge in [-0.15, -0.1) is 0 Å². The molecule has 0 atom stereocenters. The first-order valence-corrected chi connectivity index (χ1v) is 9.72. The predicted molar refractivity (Wildman–Crippen MR) is 111 cm³/mol. The molecule has 0 aliphatic carbocycles. The van der Waals surface area contributed by atoms with Gasteiger partial charge in [0.1, 0.15) is 16.6 Å². The van der Waals surface area contributed by atoms with Gasteiger partial charge in [0.15, 0.2) is 5.82 Å². The van der Waals surface area contributed by atoms with Gasteiger partial charge in [-0.1, -0.05) is 11.6 Å². The molecule has 0 radical (unpaired) electrons. The fourth-order valence-electron chi connectivity index (χ4n) is 2.87. The van der Waals surface area contributed by atoms with Crippen LogP contribution in [0.3, 0.4) is 0 Å². The average molecular weight is 471 g/mol. The highest BCUT2D eigenvalue weighted by Crippen LogP contribution is 2.36. The molecule has 2 heterocycles.